The first-order valence-electron chi connectivity index (χ1n) is 6.11. The number of terminal acetylenes is 1. The molecule has 19 heavy (non-hydrogen) atoms. The fourth-order valence-corrected chi connectivity index (χ4v) is 1.94. The number of amides is 1. The minimum absolute atomic E-state index is 0.188. The topological polar surface area (TPSA) is 59.8 Å². The van der Waals surface area contributed by atoms with Crippen LogP contribution in [0.25, 0.3) is 11.0 Å². The first-order valence-corrected chi connectivity index (χ1v) is 6.11. The lowest BCUT2D eigenvalue weighted by atomic mass is 10.1. The molecule has 2 heterocycles. The van der Waals surface area contributed by atoms with Gasteiger partial charge in [-0.15, -0.1) is 6.42 Å². The third-order valence-corrected chi connectivity index (χ3v) is 2.78. The molecule has 0 radical (unpaired) electrons. The Balaban J connectivity index is 2.56. The zero-order valence-electron chi connectivity index (χ0n) is 11.3. The number of carbonyl (C=O) groups excluding carboxylic acids is 1. The van der Waals surface area contributed by atoms with E-state index >= 15 is 0 Å². The van der Waals surface area contributed by atoms with Gasteiger partial charge in [-0.25, -0.2) is 9.67 Å². The largest absolute Gasteiger partial charge is 0.341 e. The predicted octanol–water partition coefficient (Wildman–Crippen LogP) is 1.68. The maximum absolute atomic E-state index is 12.1. The van der Waals surface area contributed by atoms with Crippen LogP contribution in [0.15, 0.2) is 12.3 Å². The number of carbonyl (C=O) groups is 1. The molecule has 0 aliphatic rings. The molecule has 0 spiro atoms. The summed E-state index contributed by atoms with van der Waals surface area (Å²) >= 11 is 0. The Morgan fingerprint density at radius 2 is 2.32 bits per heavy atom. The Morgan fingerprint density at radius 1 is 1.58 bits per heavy atom. The van der Waals surface area contributed by atoms with Crippen molar-refractivity contribution in [3.63, 3.8) is 0 Å². The van der Waals surface area contributed by atoms with Crippen LogP contribution in [0.3, 0.4) is 0 Å². The number of nitrogens with zero attached hydrogens (tertiary/aromatic N) is 3. The van der Waals surface area contributed by atoms with Gasteiger partial charge in [-0.3, -0.25) is 4.79 Å². The summed E-state index contributed by atoms with van der Waals surface area (Å²) in [5.74, 6) is 2.19. The second-order valence-corrected chi connectivity index (χ2v) is 4.62. The van der Waals surface area contributed by atoms with Crippen molar-refractivity contribution in [1.82, 2.24) is 20.1 Å². The number of hydrogen-bond donors (Lipinski definition) is 1. The molecule has 0 aliphatic heterocycles. The summed E-state index contributed by atoms with van der Waals surface area (Å²) in [5.41, 5.74) is 2.06. The van der Waals surface area contributed by atoms with Crippen LogP contribution in [0.2, 0.25) is 0 Å². The lowest BCUT2D eigenvalue weighted by Gasteiger charge is -2.08. The summed E-state index contributed by atoms with van der Waals surface area (Å²) in [4.78, 5) is 16.5. The molecule has 5 nitrogen and oxygen atoms in total. The normalized spacial score (nSPS) is 10.7. The van der Waals surface area contributed by atoms with Gasteiger partial charge in [-0.05, 0) is 26.8 Å². The average Bonchev–Trinajstić information content (AvgIpc) is 2.78. The fourth-order valence-electron chi connectivity index (χ4n) is 1.94. The lowest BCUT2D eigenvalue weighted by molar-refractivity contribution is 0.0960. The molecule has 5 heteroatoms. The van der Waals surface area contributed by atoms with Gasteiger partial charge in [-0.1, -0.05) is 5.92 Å². The van der Waals surface area contributed by atoms with Gasteiger partial charge in [0.2, 0.25) is 0 Å². The third-order valence-electron chi connectivity index (χ3n) is 2.78. The molecule has 0 fully saturated rings. The van der Waals surface area contributed by atoms with Crippen LogP contribution in [0, 0.1) is 19.3 Å². The molecule has 2 aromatic heterocycles. The van der Waals surface area contributed by atoms with Crippen molar-refractivity contribution < 1.29 is 4.79 Å². The highest BCUT2D eigenvalue weighted by Crippen LogP contribution is 2.20. The highest BCUT2D eigenvalue weighted by atomic mass is 16.1. The van der Waals surface area contributed by atoms with Crippen LogP contribution in [-0.2, 0) is 0 Å². The predicted molar refractivity (Wildman–Crippen MR) is 73.8 cm³/mol. The highest BCUT2D eigenvalue weighted by molar-refractivity contribution is 6.05. The number of hydrogen-bond acceptors (Lipinski definition) is 3. The number of nitrogens with one attached hydrogen (secondary N) is 1. The summed E-state index contributed by atoms with van der Waals surface area (Å²) in [6.45, 7) is 6.11. The molecule has 2 rings (SSSR count). The zero-order chi connectivity index (χ0) is 14.0. The van der Waals surface area contributed by atoms with E-state index < -0.39 is 0 Å². The monoisotopic (exact) mass is 256 g/mol. The van der Waals surface area contributed by atoms with Crippen LogP contribution in [0.5, 0.6) is 0 Å². The van der Waals surface area contributed by atoms with Crippen LogP contribution < -0.4 is 5.32 Å². The molecule has 0 bridgehead atoms. The molecule has 2 aromatic rings. The first kappa shape index (κ1) is 13.1. The maximum Gasteiger partial charge on any atom is 0.252 e. The van der Waals surface area contributed by atoms with Crippen molar-refractivity contribution in [3.05, 3.63) is 23.5 Å². The summed E-state index contributed by atoms with van der Waals surface area (Å²) in [7, 11) is 0. The van der Waals surface area contributed by atoms with Crippen molar-refractivity contribution in [2.24, 2.45) is 0 Å². The van der Waals surface area contributed by atoms with Gasteiger partial charge in [0, 0.05) is 11.7 Å². The Kier molecular flexibility index (Phi) is 3.52. The smallest absolute Gasteiger partial charge is 0.252 e. The van der Waals surface area contributed by atoms with E-state index in [2.05, 4.69) is 21.3 Å². The summed E-state index contributed by atoms with van der Waals surface area (Å²) < 4.78 is 1.81. The molecule has 0 aromatic carbocycles. The quantitative estimate of drug-likeness (QED) is 0.850. The standard InChI is InChI=1S/C14H16N4O/c1-5-6-15-14(19)11-7-10(4)17-13-12(11)8-16-18(13)9(2)3/h1,7-9H,6H2,2-4H3,(H,15,19). The van der Waals surface area contributed by atoms with Crippen LogP contribution >= 0.6 is 0 Å². The third kappa shape index (κ3) is 2.43. The molecular weight excluding hydrogens is 240 g/mol. The second kappa shape index (κ2) is 5.11. The van der Waals surface area contributed by atoms with Gasteiger partial charge in [-0.2, -0.15) is 5.10 Å². The van der Waals surface area contributed by atoms with Crippen LogP contribution in [0.1, 0.15) is 35.9 Å². The SMILES string of the molecule is C#CCNC(=O)c1cc(C)nc2c1cnn2C(C)C. The Labute approximate surface area is 112 Å². The van der Waals surface area contributed by atoms with E-state index in [1.807, 2.05) is 20.8 Å². The number of aryl methyl sites for hydroxylation is 1. The van der Waals surface area contributed by atoms with Crippen molar-refractivity contribution >= 4 is 16.9 Å². The van der Waals surface area contributed by atoms with Crippen molar-refractivity contribution in [2.45, 2.75) is 26.8 Å². The number of aromatic nitrogens is 3. The Bertz CT molecular complexity index is 664. The zero-order valence-corrected chi connectivity index (χ0v) is 11.3. The van der Waals surface area contributed by atoms with E-state index in [-0.39, 0.29) is 18.5 Å². The van der Waals surface area contributed by atoms with Gasteiger partial charge < -0.3 is 5.32 Å². The van der Waals surface area contributed by atoms with Gasteiger partial charge in [0.1, 0.15) is 0 Å². The molecule has 0 aliphatic carbocycles. The molecule has 98 valence electrons. The lowest BCUT2D eigenvalue weighted by Crippen LogP contribution is -2.24. The second-order valence-electron chi connectivity index (χ2n) is 4.62. The van der Waals surface area contributed by atoms with Crippen LogP contribution in [0.4, 0.5) is 0 Å². The van der Waals surface area contributed by atoms with E-state index in [0.717, 1.165) is 16.7 Å². The average molecular weight is 256 g/mol. The van der Waals surface area contributed by atoms with E-state index in [9.17, 15) is 4.79 Å². The molecule has 0 atom stereocenters. The minimum Gasteiger partial charge on any atom is -0.341 e. The van der Waals surface area contributed by atoms with Gasteiger partial charge in [0.15, 0.2) is 5.65 Å². The van der Waals surface area contributed by atoms with E-state index in [4.69, 9.17) is 6.42 Å². The minimum atomic E-state index is -0.197. The van der Waals surface area contributed by atoms with Crippen molar-refractivity contribution in [1.29, 1.82) is 0 Å². The first-order chi connectivity index (χ1) is 9.04. The molecule has 0 saturated heterocycles. The summed E-state index contributed by atoms with van der Waals surface area (Å²) in [6, 6.07) is 1.94. The van der Waals surface area contributed by atoms with E-state index in [1.54, 1.807) is 16.9 Å². The number of fused-ring (bicyclic) bond motifs is 1. The molecule has 1 amide bonds. The molecular formula is C14H16N4O. The Morgan fingerprint density at radius 3 is 2.95 bits per heavy atom. The maximum atomic E-state index is 12.1. The van der Waals surface area contributed by atoms with Gasteiger partial charge >= 0.3 is 0 Å². The van der Waals surface area contributed by atoms with Gasteiger partial charge in [0.25, 0.3) is 5.91 Å². The van der Waals surface area contributed by atoms with E-state index in [1.165, 1.54) is 0 Å². The highest BCUT2D eigenvalue weighted by Gasteiger charge is 2.16. The summed E-state index contributed by atoms with van der Waals surface area (Å²) in [5, 5.41) is 7.70. The van der Waals surface area contributed by atoms with Crippen molar-refractivity contribution in [3.8, 4) is 12.3 Å². The van der Waals surface area contributed by atoms with E-state index in [0.29, 0.717) is 5.56 Å². The number of pyridine rings is 1. The summed E-state index contributed by atoms with van der Waals surface area (Å²) in [6.07, 6.45) is 6.82. The van der Waals surface area contributed by atoms with Crippen molar-refractivity contribution in [2.75, 3.05) is 6.54 Å². The Hall–Kier alpha value is -2.35. The fraction of sp³-hybridized carbons (Fsp3) is 0.357. The molecule has 1 N–H and O–H groups in total. The molecule has 0 saturated carbocycles. The van der Waals surface area contributed by atoms with Gasteiger partial charge in [0.05, 0.1) is 23.7 Å². The van der Waals surface area contributed by atoms with Crippen LogP contribution in [-0.4, -0.2) is 27.2 Å². The number of rotatable bonds is 3. The molecule has 0 unspecified atom stereocenters.